The van der Waals surface area contributed by atoms with Crippen molar-refractivity contribution in [2.75, 3.05) is 5.32 Å². The van der Waals surface area contributed by atoms with Gasteiger partial charge in [0.05, 0.1) is 17.6 Å². The Labute approximate surface area is 179 Å². The molecule has 0 fully saturated rings. The number of nitriles is 1. The second kappa shape index (κ2) is 8.57. The van der Waals surface area contributed by atoms with Gasteiger partial charge in [-0.3, -0.25) is 4.79 Å². The number of phenols is 1. The van der Waals surface area contributed by atoms with Gasteiger partial charge < -0.3 is 10.4 Å². The van der Waals surface area contributed by atoms with Crippen molar-refractivity contribution in [3.05, 3.63) is 92.5 Å². The third-order valence-electron chi connectivity index (χ3n) is 4.65. The molecule has 0 heterocycles. The topological polar surface area (TPSA) is 73.1 Å². The summed E-state index contributed by atoms with van der Waals surface area (Å²) in [6.07, 6.45) is 0. The van der Waals surface area contributed by atoms with Crippen LogP contribution in [0.4, 0.5) is 5.69 Å². The van der Waals surface area contributed by atoms with E-state index < -0.39 is 11.8 Å². The monoisotopic (exact) mass is 424 g/mol. The van der Waals surface area contributed by atoms with Gasteiger partial charge in [0.1, 0.15) is 5.75 Å². The lowest BCUT2D eigenvalue weighted by Crippen LogP contribution is -2.13. The molecule has 2 N–H and O–H groups in total. The van der Waals surface area contributed by atoms with E-state index in [0.717, 1.165) is 16.7 Å². The number of rotatable bonds is 4. The highest BCUT2D eigenvalue weighted by atomic mass is 35.5. The summed E-state index contributed by atoms with van der Waals surface area (Å²) in [4.78, 5) is 12.6. The number of amides is 1. The molecule has 0 aliphatic rings. The van der Waals surface area contributed by atoms with Crippen LogP contribution in [-0.2, 0) is 0 Å². The maximum Gasteiger partial charge on any atom is 0.259 e. The number of carbonyl (C=O) groups excluding carboxylic acids is 1. The fraction of sp³-hybridized carbons (Fsp3) is 0.130. The first-order valence-corrected chi connectivity index (χ1v) is 9.62. The van der Waals surface area contributed by atoms with Crippen molar-refractivity contribution in [1.29, 1.82) is 5.26 Å². The first-order valence-electron chi connectivity index (χ1n) is 8.86. The molecule has 0 aliphatic heterocycles. The molecule has 3 rings (SSSR count). The molecule has 0 saturated heterocycles. The molecule has 146 valence electrons. The Bertz CT molecular complexity index is 1120. The summed E-state index contributed by atoms with van der Waals surface area (Å²) in [6.45, 7) is 3.80. The van der Waals surface area contributed by atoms with Crippen LogP contribution < -0.4 is 5.32 Å². The lowest BCUT2D eigenvalue weighted by molar-refractivity contribution is 0.102. The molecule has 0 saturated carbocycles. The van der Waals surface area contributed by atoms with Crippen molar-refractivity contribution >= 4 is 34.8 Å². The summed E-state index contributed by atoms with van der Waals surface area (Å²) < 4.78 is 0. The summed E-state index contributed by atoms with van der Waals surface area (Å²) in [5.41, 5.74) is 3.91. The van der Waals surface area contributed by atoms with Gasteiger partial charge in [-0.1, -0.05) is 59.1 Å². The summed E-state index contributed by atoms with van der Waals surface area (Å²) in [5, 5.41) is 23.1. The van der Waals surface area contributed by atoms with Gasteiger partial charge in [-0.05, 0) is 54.8 Å². The lowest BCUT2D eigenvalue weighted by Gasteiger charge is -2.16. The predicted octanol–water partition coefficient (Wildman–Crippen LogP) is 6.22. The second-order valence-corrected chi connectivity index (χ2v) is 7.62. The van der Waals surface area contributed by atoms with Crippen LogP contribution in [0, 0.1) is 25.2 Å². The largest absolute Gasteiger partial charge is 0.507 e. The van der Waals surface area contributed by atoms with E-state index in [2.05, 4.69) is 11.4 Å². The van der Waals surface area contributed by atoms with E-state index in [4.69, 9.17) is 23.2 Å². The predicted molar refractivity (Wildman–Crippen MR) is 116 cm³/mol. The van der Waals surface area contributed by atoms with Crippen molar-refractivity contribution in [2.24, 2.45) is 0 Å². The van der Waals surface area contributed by atoms with Crippen LogP contribution in [0.3, 0.4) is 0 Å². The van der Waals surface area contributed by atoms with E-state index in [1.807, 2.05) is 38.1 Å². The van der Waals surface area contributed by atoms with E-state index in [0.29, 0.717) is 21.3 Å². The zero-order valence-electron chi connectivity index (χ0n) is 15.8. The number of aromatic hydroxyl groups is 1. The van der Waals surface area contributed by atoms with Crippen LogP contribution >= 0.6 is 23.2 Å². The van der Waals surface area contributed by atoms with Gasteiger partial charge in [0.25, 0.3) is 5.91 Å². The van der Waals surface area contributed by atoms with Crippen LogP contribution in [-0.4, -0.2) is 11.0 Å². The number of benzene rings is 3. The molecule has 0 radical (unpaired) electrons. The Hall–Kier alpha value is -3.00. The van der Waals surface area contributed by atoms with Gasteiger partial charge in [-0.15, -0.1) is 0 Å². The highest BCUT2D eigenvalue weighted by Crippen LogP contribution is 2.34. The van der Waals surface area contributed by atoms with Gasteiger partial charge in [0.2, 0.25) is 0 Å². The maximum atomic E-state index is 12.6. The zero-order chi connectivity index (χ0) is 21.1. The molecule has 3 aromatic carbocycles. The number of nitrogens with zero attached hydrogens (tertiary/aromatic N) is 1. The van der Waals surface area contributed by atoms with Crippen LogP contribution in [0.15, 0.2) is 54.6 Å². The van der Waals surface area contributed by atoms with Gasteiger partial charge in [0.15, 0.2) is 0 Å². The van der Waals surface area contributed by atoms with Crippen molar-refractivity contribution in [2.45, 2.75) is 19.8 Å². The van der Waals surface area contributed by atoms with Crippen molar-refractivity contribution < 1.29 is 9.90 Å². The zero-order valence-corrected chi connectivity index (χ0v) is 17.3. The smallest absolute Gasteiger partial charge is 0.259 e. The van der Waals surface area contributed by atoms with Gasteiger partial charge >= 0.3 is 0 Å². The van der Waals surface area contributed by atoms with E-state index in [1.165, 1.54) is 18.2 Å². The van der Waals surface area contributed by atoms with Crippen molar-refractivity contribution in [3.8, 4) is 11.8 Å². The average molecular weight is 425 g/mol. The fourth-order valence-electron chi connectivity index (χ4n) is 3.02. The minimum atomic E-state index is -0.525. The number of hydrogen-bond donors (Lipinski definition) is 2. The molecular formula is C23H18Cl2N2O2. The number of anilines is 1. The Morgan fingerprint density at radius 1 is 1.07 bits per heavy atom. The van der Waals surface area contributed by atoms with Crippen molar-refractivity contribution in [1.82, 2.24) is 0 Å². The Morgan fingerprint density at radius 3 is 2.41 bits per heavy atom. The molecule has 1 atom stereocenters. The van der Waals surface area contributed by atoms with Gasteiger partial charge in [-0.2, -0.15) is 5.26 Å². The average Bonchev–Trinajstić information content (AvgIpc) is 2.69. The highest BCUT2D eigenvalue weighted by molar-refractivity contribution is 6.32. The molecule has 6 heteroatoms. The molecular weight excluding hydrogens is 407 g/mol. The highest BCUT2D eigenvalue weighted by Gasteiger charge is 2.20. The van der Waals surface area contributed by atoms with E-state index in [9.17, 15) is 15.2 Å². The lowest BCUT2D eigenvalue weighted by atomic mass is 9.90. The van der Waals surface area contributed by atoms with Crippen LogP contribution in [0.2, 0.25) is 10.0 Å². The van der Waals surface area contributed by atoms with Crippen LogP contribution in [0.1, 0.15) is 38.5 Å². The number of hydrogen-bond acceptors (Lipinski definition) is 3. The molecule has 0 spiro atoms. The molecule has 1 unspecified atom stereocenters. The van der Waals surface area contributed by atoms with Crippen LogP contribution in [0.5, 0.6) is 5.75 Å². The number of phenolic OH excluding ortho intramolecular Hbond substituents is 1. The van der Waals surface area contributed by atoms with E-state index >= 15 is 0 Å². The van der Waals surface area contributed by atoms with Gasteiger partial charge in [-0.25, -0.2) is 0 Å². The summed E-state index contributed by atoms with van der Waals surface area (Å²) in [6, 6.07) is 17.7. The first kappa shape index (κ1) is 20.7. The molecule has 0 aliphatic carbocycles. The van der Waals surface area contributed by atoms with Crippen LogP contribution in [0.25, 0.3) is 0 Å². The third kappa shape index (κ3) is 4.54. The molecule has 1 amide bonds. The fourth-order valence-corrected chi connectivity index (χ4v) is 3.47. The normalized spacial score (nSPS) is 11.6. The minimum absolute atomic E-state index is 0.0617. The number of nitrogens with one attached hydrogen (secondary N) is 1. The third-order valence-corrected chi connectivity index (χ3v) is 5.21. The summed E-state index contributed by atoms with van der Waals surface area (Å²) >= 11 is 12.4. The van der Waals surface area contributed by atoms with E-state index in [1.54, 1.807) is 12.1 Å². The Kier molecular flexibility index (Phi) is 6.12. The maximum absolute atomic E-state index is 12.6. The number of aryl methyl sites for hydroxylation is 2. The standard InChI is InChI=1S/C23H18Cl2N2O2/c1-13-3-5-15(6-4-13)19(12-26)17-9-14(2)21(11-20(17)25)27-23(29)18-10-16(24)7-8-22(18)28/h3-11,19,28H,1-2H3,(H,27,29). The number of carbonyl (C=O) groups is 1. The molecule has 4 nitrogen and oxygen atoms in total. The quantitative estimate of drug-likeness (QED) is 0.521. The summed E-state index contributed by atoms with van der Waals surface area (Å²) in [7, 11) is 0. The molecule has 0 bridgehead atoms. The molecule has 0 aromatic heterocycles. The van der Waals surface area contributed by atoms with E-state index in [-0.39, 0.29) is 11.3 Å². The SMILES string of the molecule is Cc1ccc(C(C#N)c2cc(C)c(NC(=O)c3cc(Cl)ccc3O)cc2Cl)cc1. The number of halogens is 2. The molecule has 3 aromatic rings. The summed E-state index contributed by atoms with van der Waals surface area (Å²) in [5.74, 6) is -1.20. The Balaban J connectivity index is 1.93. The second-order valence-electron chi connectivity index (χ2n) is 6.78. The van der Waals surface area contributed by atoms with Crippen molar-refractivity contribution in [3.63, 3.8) is 0 Å². The minimum Gasteiger partial charge on any atom is -0.507 e. The van der Waals surface area contributed by atoms with Gasteiger partial charge in [0, 0.05) is 15.7 Å². The first-order chi connectivity index (χ1) is 13.8. The Morgan fingerprint density at radius 2 is 1.76 bits per heavy atom. The molecule has 29 heavy (non-hydrogen) atoms.